The highest BCUT2D eigenvalue weighted by molar-refractivity contribution is 5.91. The van der Waals surface area contributed by atoms with E-state index in [0.717, 1.165) is 31.6 Å². The van der Waals surface area contributed by atoms with Gasteiger partial charge < -0.3 is 14.6 Å². The minimum atomic E-state index is -0.967. The number of hydrogen-bond donors (Lipinski definition) is 1. The second kappa shape index (κ2) is 6.72. The maximum Gasteiger partial charge on any atom is 0.339 e. The van der Waals surface area contributed by atoms with Gasteiger partial charge in [-0.1, -0.05) is 6.07 Å². The van der Waals surface area contributed by atoms with Crippen molar-refractivity contribution in [3.63, 3.8) is 0 Å². The minimum Gasteiger partial charge on any atom is -0.496 e. The van der Waals surface area contributed by atoms with Crippen molar-refractivity contribution in [3.05, 3.63) is 29.3 Å². The summed E-state index contributed by atoms with van der Waals surface area (Å²) in [5.41, 5.74) is 1.17. The van der Waals surface area contributed by atoms with Crippen LogP contribution < -0.4 is 4.74 Å². The number of aromatic carboxylic acids is 1. The third-order valence-electron chi connectivity index (χ3n) is 3.49. The number of ether oxygens (including phenoxy) is 2. The molecule has 1 fully saturated rings. The Bertz CT molecular complexity index is 469. The molecular formula is C15H21NO4. The predicted octanol–water partition coefficient (Wildman–Crippen LogP) is 2.00. The molecule has 0 aliphatic carbocycles. The maximum absolute atomic E-state index is 11.2. The minimum absolute atomic E-state index is 0.204. The van der Waals surface area contributed by atoms with E-state index < -0.39 is 5.97 Å². The van der Waals surface area contributed by atoms with Crippen LogP contribution in [-0.2, 0) is 11.3 Å². The van der Waals surface area contributed by atoms with Gasteiger partial charge in [0.1, 0.15) is 11.3 Å². The molecule has 110 valence electrons. The van der Waals surface area contributed by atoms with Crippen molar-refractivity contribution < 1.29 is 19.4 Å². The van der Waals surface area contributed by atoms with Crippen LogP contribution in [0.25, 0.3) is 0 Å². The molecule has 1 aliphatic rings. The molecule has 5 heteroatoms. The normalized spacial score (nSPS) is 18.4. The average Bonchev–Trinajstić information content (AvgIpc) is 2.91. The molecule has 1 heterocycles. The predicted molar refractivity (Wildman–Crippen MR) is 75.3 cm³/mol. The summed E-state index contributed by atoms with van der Waals surface area (Å²) in [5, 5.41) is 9.17. The third kappa shape index (κ3) is 3.71. The first-order valence-corrected chi connectivity index (χ1v) is 6.80. The third-order valence-corrected chi connectivity index (χ3v) is 3.49. The zero-order chi connectivity index (χ0) is 14.5. The number of hydrogen-bond acceptors (Lipinski definition) is 4. The van der Waals surface area contributed by atoms with Crippen molar-refractivity contribution >= 4 is 5.97 Å². The molecule has 2 rings (SSSR count). The number of nitrogens with zero attached hydrogens (tertiary/aromatic N) is 1. The summed E-state index contributed by atoms with van der Waals surface area (Å²) in [5.74, 6) is -0.575. The Morgan fingerprint density at radius 2 is 2.35 bits per heavy atom. The second-order valence-electron chi connectivity index (χ2n) is 5.17. The highest BCUT2D eigenvalue weighted by atomic mass is 16.5. The number of carboxylic acids is 1. The molecule has 1 unspecified atom stereocenters. The number of carboxylic acid groups (broad SMARTS) is 1. The molecule has 20 heavy (non-hydrogen) atoms. The summed E-state index contributed by atoms with van der Waals surface area (Å²) in [6, 6.07) is 5.28. The molecule has 0 spiro atoms. The van der Waals surface area contributed by atoms with Gasteiger partial charge in [0.25, 0.3) is 0 Å². The molecule has 1 N–H and O–H groups in total. The Labute approximate surface area is 119 Å². The van der Waals surface area contributed by atoms with E-state index in [-0.39, 0.29) is 5.56 Å². The van der Waals surface area contributed by atoms with E-state index in [9.17, 15) is 9.90 Å². The molecule has 1 aromatic rings. The fraction of sp³-hybridized carbons (Fsp3) is 0.533. The Balaban J connectivity index is 2.01. The molecule has 5 nitrogen and oxygen atoms in total. The van der Waals surface area contributed by atoms with E-state index in [1.165, 1.54) is 7.11 Å². The first-order chi connectivity index (χ1) is 9.60. The smallest absolute Gasteiger partial charge is 0.339 e. The number of likely N-dealkylation sites (N-methyl/N-ethyl adjacent to an activating group) is 1. The first kappa shape index (κ1) is 14.8. The van der Waals surface area contributed by atoms with Crippen molar-refractivity contribution in [3.8, 4) is 5.75 Å². The highest BCUT2D eigenvalue weighted by Crippen LogP contribution is 2.21. The molecule has 1 aliphatic heterocycles. The van der Waals surface area contributed by atoms with Gasteiger partial charge in [-0.25, -0.2) is 4.79 Å². The lowest BCUT2D eigenvalue weighted by Gasteiger charge is -2.20. The van der Waals surface area contributed by atoms with Crippen LogP contribution in [-0.4, -0.2) is 49.4 Å². The molecule has 0 radical (unpaired) electrons. The fourth-order valence-electron chi connectivity index (χ4n) is 2.53. The number of methoxy groups -OCH3 is 1. The van der Waals surface area contributed by atoms with Crippen molar-refractivity contribution in [2.75, 3.05) is 27.3 Å². The summed E-state index contributed by atoms with van der Waals surface area (Å²) >= 11 is 0. The van der Waals surface area contributed by atoms with Crippen molar-refractivity contribution in [2.45, 2.75) is 25.5 Å². The number of rotatable bonds is 6. The van der Waals surface area contributed by atoms with Crippen LogP contribution in [0.5, 0.6) is 5.75 Å². The van der Waals surface area contributed by atoms with Gasteiger partial charge in [-0.3, -0.25) is 4.90 Å². The average molecular weight is 279 g/mol. The van der Waals surface area contributed by atoms with Crippen LogP contribution in [0.4, 0.5) is 0 Å². The summed E-state index contributed by atoms with van der Waals surface area (Å²) < 4.78 is 10.7. The van der Waals surface area contributed by atoms with E-state index >= 15 is 0 Å². The first-order valence-electron chi connectivity index (χ1n) is 6.80. The Morgan fingerprint density at radius 1 is 1.55 bits per heavy atom. The SMILES string of the molecule is COc1ccc(CN(C)CC2CCCO2)cc1C(=O)O. The molecule has 1 aromatic carbocycles. The van der Waals surface area contributed by atoms with Crippen molar-refractivity contribution in [1.82, 2.24) is 4.90 Å². The molecule has 0 amide bonds. The van der Waals surface area contributed by atoms with Crippen LogP contribution in [0.1, 0.15) is 28.8 Å². The zero-order valence-electron chi connectivity index (χ0n) is 12.0. The highest BCUT2D eigenvalue weighted by Gasteiger charge is 2.18. The molecular weight excluding hydrogens is 258 g/mol. The molecule has 1 atom stereocenters. The maximum atomic E-state index is 11.2. The number of carbonyl (C=O) groups is 1. The van der Waals surface area contributed by atoms with Gasteiger partial charge in [0.05, 0.1) is 13.2 Å². The zero-order valence-corrected chi connectivity index (χ0v) is 12.0. The van der Waals surface area contributed by atoms with Crippen LogP contribution in [0.3, 0.4) is 0 Å². The summed E-state index contributed by atoms with van der Waals surface area (Å²) in [4.78, 5) is 13.3. The lowest BCUT2D eigenvalue weighted by atomic mass is 10.1. The fourth-order valence-corrected chi connectivity index (χ4v) is 2.53. The monoisotopic (exact) mass is 279 g/mol. The molecule has 0 saturated carbocycles. The topological polar surface area (TPSA) is 59.0 Å². The van der Waals surface area contributed by atoms with E-state index in [2.05, 4.69) is 4.90 Å². The Hall–Kier alpha value is -1.59. The Morgan fingerprint density at radius 3 is 2.95 bits per heavy atom. The van der Waals surface area contributed by atoms with E-state index in [4.69, 9.17) is 9.47 Å². The number of benzene rings is 1. The van der Waals surface area contributed by atoms with E-state index in [1.54, 1.807) is 12.1 Å². The van der Waals surface area contributed by atoms with Gasteiger partial charge in [-0.15, -0.1) is 0 Å². The van der Waals surface area contributed by atoms with Gasteiger partial charge in [-0.2, -0.15) is 0 Å². The van der Waals surface area contributed by atoms with Crippen molar-refractivity contribution in [2.24, 2.45) is 0 Å². The molecule has 1 saturated heterocycles. The van der Waals surface area contributed by atoms with Crippen LogP contribution >= 0.6 is 0 Å². The Kier molecular flexibility index (Phi) is 4.98. The van der Waals surface area contributed by atoms with Crippen LogP contribution in [0, 0.1) is 0 Å². The standard InChI is InChI=1S/C15H21NO4/c1-16(10-12-4-3-7-20-12)9-11-5-6-14(19-2)13(8-11)15(17)18/h5-6,8,12H,3-4,7,9-10H2,1-2H3,(H,17,18). The van der Waals surface area contributed by atoms with Gasteiger partial charge in [0.2, 0.25) is 0 Å². The summed E-state index contributed by atoms with van der Waals surface area (Å²) in [6.07, 6.45) is 2.54. The summed E-state index contributed by atoms with van der Waals surface area (Å²) in [7, 11) is 3.50. The van der Waals surface area contributed by atoms with E-state index in [1.807, 2.05) is 13.1 Å². The largest absolute Gasteiger partial charge is 0.496 e. The second-order valence-corrected chi connectivity index (χ2v) is 5.17. The van der Waals surface area contributed by atoms with Gasteiger partial charge in [0, 0.05) is 19.7 Å². The van der Waals surface area contributed by atoms with Gasteiger partial charge in [-0.05, 0) is 37.6 Å². The lowest BCUT2D eigenvalue weighted by molar-refractivity contribution is 0.0692. The van der Waals surface area contributed by atoms with Crippen molar-refractivity contribution in [1.29, 1.82) is 0 Å². The summed E-state index contributed by atoms with van der Waals surface area (Å²) in [6.45, 7) is 2.42. The van der Waals surface area contributed by atoms with Crippen LogP contribution in [0.15, 0.2) is 18.2 Å². The van der Waals surface area contributed by atoms with Gasteiger partial charge in [0.15, 0.2) is 0 Å². The van der Waals surface area contributed by atoms with Crippen LogP contribution in [0.2, 0.25) is 0 Å². The van der Waals surface area contributed by atoms with Gasteiger partial charge >= 0.3 is 5.97 Å². The molecule has 0 bridgehead atoms. The lowest BCUT2D eigenvalue weighted by Crippen LogP contribution is -2.28. The quantitative estimate of drug-likeness (QED) is 0.863. The molecule has 0 aromatic heterocycles. The van der Waals surface area contributed by atoms with E-state index in [0.29, 0.717) is 18.4 Å².